The topological polar surface area (TPSA) is 61.8 Å². The molecule has 3 aromatic rings. The fourth-order valence-corrected chi connectivity index (χ4v) is 5.40. The van der Waals surface area contributed by atoms with E-state index in [2.05, 4.69) is 0 Å². The zero-order valence-electron chi connectivity index (χ0n) is 20.4. The molecule has 0 saturated heterocycles. The number of carbonyl (C=O) groups excluding carboxylic acids is 1. The van der Waals surface area contributed by atoms with Gasteiger partial charge >= 0.3 is 13.6 Å². The maximum Gasteiger partial charge on any atom is 0.336 e. The summed E-state index contributed by atoms with van der Waals surface area (Å²) in [7, 11) is -3.57. The molecule has 0 spiro atoms. The van der Waals surface area contributed by atoms with Gasteiger partial charge in [-0.05, 0) is 36.0 Å². The molecular weight excluding hydrogens is 459 g/mol. The summed E-state index contributed by atoms with van der Waals surface area (Å²) in [6.45, 7) is 2.34. The Hall–Kier alpha value is -2.72. The van der Waals surface area contributed by atoms with Crippen molar-refractivity contribution in [3.05, 3.63) is 108 Å². The molecule has 0 heterocycles. The Bertz CT molecular complexity index is 1040. The average molecular weight is 495 g/mol. The van der Waals surface area contributed by atoms with Crippen molar-refractivity contribution in [2.75, 3.05) is 6.16 Å². The molecule has 0 aliphatic rings. The second-order valence-corrected chi connectivity index (χ2v) is 10.7. The van der Waals surface area contributed by atoms with Crippen molar-refractivity contribution in [3.8, 4) is 0 Å². The quantitative estimate of drug-likeness (QED) is 0.163. The van der Waals surface area contributed by atoms with E-state index in [4.69, 9.17) is 13.8 Å². The van der Waals surface area contributed by atoms with Crippen LogP contribution in [-0.4, -0.2) is 18.2 Å². The predicted octanol–water partition coefficient (Wildman–Crippen LogP) is 7.35. The van der Waals surface area contributed by atoms with Crippen molar-refractivity contribution in [2.45, 2.75) is 58.3 Å². The molecule has 0 N–H and O–H groups in total. The lowest BCUT2D eigenvalue weighted by Gasteiger charge is -2.24. The van der Waals surface area contributed by atoms with Crippen molar-refractivity contribution in [3.63, 3.8) is 0 Å². The largest absolute Gasteiger partial charge is 0.459 e. The van der Waals surface area contributed by atoms with Crippen molar-refractivity contribution in [1.29, 1.82) is 0 Å². The van der Waals surface area contributed by atoms with E-state index in [0.717, 1.165) is 36.0 Å². The maximum absolute atomic E-state index is 13.9. The average Bonchev–Trinajstić information content (AvgIpc) is 2.90. The first-order valence-corrected chi connectivity index (χ1v) is 14.0. The Morgan fingerprint density at radius 3 is 1.89 bits per heavy atom. The third-order valence-electron chi connectivity index (χ3n) is 5.61. The summed E-state index contributed by atoms with van der Waals surface area (Å²) < 4.78 is 31.3. The van der Waals surface area contributed by atoms with E-state index in [-0.39, 0.29) is 19.4 Å². The Balaban J connectivity index is 1.68. The van der Waals surface area contributed by atoms with E-state index >= 15 is 0 Å². The summed E-state index contributed by atoms with van der Waals surface area (Å²) >= 11 is 0. The number of esters is 1. The SMILES string of the molecule is CCCC[C@@H](OP(=O)(CCCc1ccccc1)OCc1ccccc1)C(=O)OCc1ccccc1. The van der Waals surface area contributed by atoms with E-state index in [1.54, 1.807) is 0 Å². The fraction of sp³-hybridized carbons (Fsp3) is 0.345. The molecular formula is C29H35O5P. The van der Waals surface area contributed by atoms with Gasteiger partial charge in [-0.2, -0.15) is 0 Å². The monoisotopic (exact) mass is 494 g/mol. The summed E-state index contributed by atoms with van der Waals surface area (Å²) in [4.78, 5) is 12.9. The number of benzene rings is 3. The van der Waals surface area contributed by atoms with E-state index in [1.807, 2.05) is 97.9 Å². The van der Waals surface area contributed by atoms with Gasteiger partial charge in [0, 0.05) is 0 Å². The van der Waals surface area contributed by atoms with Crippen LogP contribution >= 0.6 is 7.60 Å². The van der Waals surface area contributed by atoms with Crippen LogP contribution in [0.2, 0.25) is 0 Å². The molecule has 3 aromatic carbocycles. The van der Waals surface area contributed by atoms with Crippen LogP contribution in [0.4, 0.5) is 0 Å². The Morgan fingerprint density at radius 1 is 0.771 bits per heavy atom. The summed E-state index contributed by atoms with van der Waals surface area (Å²) in [5.41, 5.74) is 2.95. The smallest absolute Gasteiger partial charge is 0.336 e. The van der Waals surface area contributed by atoms with Gasteiger partial charge in [0.25, 0.3) is 0 Å². The van der Waals surface area contributed by atoms with Crippen LogP contribution in [0.1, 0.15) is 49.3 Å². The molecule has 186 valence electrons. The molecule has 2 atom stereocenters. The molecule has 0 aromatic heterocycles. The lowest BCUT2D eigenvalue weighted by Crippen LogP contribution is -2.26. The molecule has 0 aliphatic carbocycles. The van der Waals surface area contributed by atoms with Gasteiger partial charge in [0.15, 0.2) is 6.10 Å². The van der Waals surface area contributed by atoms with Crippen LogP contribution in [0.15, 0.2) is 91.0 Å². The molecule has 0 bridgehead atoms. The van der Waals surface area contributed by atoms with Crippen LogP contribution in [0, 0.1) is 0 Å². The fourth-order valence-electron chi connectivity index (χ4n) is 3.63. The predicted molar refractivity (Wildman–Crippen MR) is 139 cm³/mol. The second kappa shape index (κ2) is 14.6. The first-order valence-electron chi connectivity index (χ1n) is 12.3. The molecule has 6 heteroatoms. The van der Waals surface area contributed by atoms with Crippen molar-refractivity contribution >= 4 is 13.6 Å². The normalized spacial score (nSPS) is 13.6. The maximum atomic E-state index is 13.9. The molecule has 3 rings (SSSR count). The van der Waals surface area contributed by atoms with Gasteiger partial charge in [-0.25, -0.2) is 4.79 Å². The summed E-state index contributed by atoms with van der Waals surface area (Å²) in [6.07, 6.45) is 2.74. The van der Waals surface area contributed by atoms with E-state index < -0.39 is 19.7 Å². The number of ether oxygens (including phenoxy) is 1. The van der Waals surface area contributed by atoms with Gasteiger partial charge < -0.3 is 9.26 Å². The molecule has 5 nitrogen and oxygen atoms in total. The van der Waals surface area contributed by atoms with Gasteiger partial charge in [-0.1, -0.05) is 111 Å². The Morgan fingerprint density at radius 2 is 1.31 bits per heavy atom. The van der Waals surface area contributed by atoms with Gasteiger partial charge in [0.05, 0.1) is 12.8 Å². The highest BCUT2D eigenvalue weighted by Gasteiger charge is 2.33. The van der Waals surface area contributed by atoms with Gasteiger partial charge in [-0.15, -0.1) is 0 Å². The minimum absolute atomic E-state index is 0.148. The number of carbonyl (C=O) groups is 1. The lowest BCUT2D eigenvalue weighted by molar-refractivity contribution is -0.154. The van der Waals surface area contributed by atoms with Crippen LogP contribution in [0.3, 0.4) is 0 Å². The minimum Gasteiger partial charge on any atom is -0.459 e. The zero-order valence-corrected chi connectivity index (χ0v) is 21.3. The van der Waals surface area contributed by atoms with Crippen LogP contribution in [-0.2, 0) is 42.8 Å². The first-order chi connectivity index (χ1) is 17.1. The number of hydrogen-bond donors (Lipinski definition) is 0. The molecule has 0 fully saturated rings. The highest BCUT2D eigenvalue weighted by atomic mass is 31.2. The van der Waals surface area contributed by atoms with E-state index in [9.17, 15) is 9.36 Å². The van der Waals surface area contributed by atoms with Crippen LogP contribution in [0.5, 0.6) is 0 Å². The standard InChI is InChI=1S/C29H35O5P/c1-2-3-21-28(29(30)32-23-26-16-9-5-10-17-26)34-35(31,33-24-27-18-11-6-12-19-27)22-13-20-25-14-7-4-8-15-25/h4-12,14-19,28H,2-3,13,20-24H2,1H3/t28-,35?/m1/s1. The minimum atomic E-state index is -3.57. The van der Waals surface area contributed by atoms with E-state index in [1.165, 1.54) is 0 Å². The number of hydrogen-bond acceptors (Lipinski definition) is 5. The third kappa shape index (κ3) is 9.81. The number of unbranched alkanes of at least 4 members (excludes halogenated alkanes) is 1. The number of rotatable bonds is 15. The second-order valence-electron chi connectivity index (χ2n) is 8.51. The van der Waals surface area contributed by atoms with Gasteiger partial charge in [-0.3, -0.25) is 9.09 Å². The Labute approximate surface area is 209 Å². The molecule has 0 saturated carbocycles. The number of aryl methyl sites for hydroxylation is 1. The summed E-state index contributed by atoms with van der Waals surface area (Å²) in [6, 6.07) is 29.1. The highest BCUT2D eigenvalue weighted by Crippen LogP contribution is 2.51. The highest BCUT2D eigenvalue weighted by molar-refractivity contribution is 7.53. The third-order valence-corrected chi connectivity index (χ3v) is 7.57. The van der Waals surface area contributed by atoms with Crippen LogP contribution in [0.25, 0.3) is 0 Å². The lowest BCUT2D eigenvalue weighted by atomic mass is 10.1. The van der Waals surface area contributed by atoms with E-state index in [0.29, 0.717) is 12.8 Å². The zero-order chi connectivity index (χ0) is 24.8. The molecule has 0 radical (unpaired) electrons. The summed E-state index contributed by atoms with van der Waals surface area (Å²) in [5, 5.41) is 0. The Kier molecular flexibility index (Phi) is 11.2. The molecule has 35 heavy (non-hydrogen) atoms. The van der Waals surface area contributed by atoms with Crippen molar-refractivity contribution in [2.24, 2.45) is 0 Å². The molecule has 0 amide bonds. The molecule has 1 unspecified atom stereocenters. The first kappa shape index (κ1) is 26.9. The van der Waals surface area contributed by atoms with Crippen molar-refractivity contribution in [1.82, 2.24) is 0 Å². The van der Waals surface area contributed by atoms with Crippen molar-refractivity contribution < 1.29 is 23.1 Å². The van der Waals surface area contributed by atoms with Crippen LogP contribution < -0.4 is 0 Å². The molecule has 0 aliphatic heterocycles. The summed E-state index contributed by atoms with van der Waals surface area (Å²) in [5.74, 6) is -0.506. The van der Waals surface area contributed by atoms with Gasteiger partial charge in [0.2, 0.25) is 0 Å². The van der Waals surface area contributed by atoms with Gasteiger partial charge in [0.1, 0.15) is 6.61 Å².